The number of methoxy groups -OCH3 is 2. The van der Waals surface area contributed by atoms with Crippen LogP contribution < -0.4 is 0 Å². The summed E-state index contributed by atoms with van der Waals surface area (Å²) in [5.41, 5.74) is 0. The topological polar surface area (TPSA) is 27.7 Å². The summed E-state index contributed by atoms with van der Waals surface area (Å²) in [6.07, 6.45) is 12.4. The zero-order valence-electron chi connectivity index (χ0n) is 13.5. The largest absolute Gasteiger partial charge is 0.376 e. The predicted molar refractivity (Wildman–Crippen MR) is 84.1 cm³/mol. The number of ether oxygens (including phenoxy) is 2. The van der Waals surface area contributed by atoms with Crippen molar-refractivity contribution in [1.82, 2.24) is 0 Å². The normalized spacial score (nSPS) is 12.6. The highest BCUT2D eigenvalue weighted by molar-refractivity contribution is 6.27. The van der Waals surface area contributed by atoms with Crippen LogP contribution in [0.25, 0.3) is 0 Å². The zero-order chi connectivity index (χ0) is 14.4. The average molecular weight is 291 g/mol. The molecule has 0 N–H and O–H groups in total. The smallest absolute Gasteiger partial charge is 0.269 e. The average Bonchev–Trinajstić information content (AvgIpc) is 2.44. The van der Waals surface area contributed by atoms with Gasteiger partial charge in [-0.25, -0.2) is 0 Å². The first-order chi connectivity index (χ1) is 9.18. The Balaban J connectivity index is 3.19. The Morgan fingerprint density at radius 3 is 1.74 bits per heavy atom. The lowest BCUT2D eigenvalue weighted by Gasteiger charge is -2.26. The van der Waals surface area contributed by atoms with Crippen LogP contribution >= 0.6 is 0 Å². The molecule has 19 heavy (non-hydrogen) atoms. The highest BCUT2D eigenvalue weighted by Gasteiger charge is 2.22. The van der Waals surface area contributed by atoms with E-state index in [1.54, 1.807) is 14.2 Å². The van der Waals surface area contributed by atoms with Gasteiger partial charge < -0.3 is 13.9 Å². The Labute approximate surface area is 122 Å². The predicted octanol–water partition coefficient (Wildman–Crippen LogP) is 4.00. The molecule has 0 saturated heterocycles. The highest BCUT2D eigenvalue weighted by Crippen LogP contribution is 2.13. The highest BCUT2D eigenvalue weighted by atomic mass is 28.2. The van der Waals surface area contributed by atoms with Gasteiger partial charge in [0.15, 0.2) is 9.76 Å². The number of rotatable bonds is 14. The molecular weight excluding hydrogens is 256 g/mol. The van der Waals surface area contributed by atoms with E-state index in [0.717, 1.165) is 0 Å². The molecule has 0 aliphatic heterocycles. The van der Waals surface area contributed by atoms with E-state index in [2.05, 4.69) is 6.92 Å². The van der Waals surface area contributed by atoms with Crippen molar-refractivity contribution in [2.75, 3.05) is 14.2 Å². The molecule has 0 amide bonds. The maximum absolute atomic E-state index is 5.69. The van der Waals surface area contributed by atoms with Crippen LogP contribution in [0.4, 0.5) is 0 Å². The van der Waals surface area contributed by atoms with E-state index in [-0.39, 0.29) is 0 Å². The second kappa shape index (κ2) is 13.1. The third-order valence-electron chi connectivity index (χ3n) is 3.60. The fraction of sp³-hybridized carbons (Fsp3) is 1.00. The molecule has 116 valence electrons. The van der Waals surface area contributed by atoms with E-state index in [9.17, 15) is 0 Å². The first kappa shape index (κ1) is 19.1. The molecule has 0 atom stereocenters. The van der Waals surface area contributed by atoms with Gasteiger partial charge in [0.1, 0.15) is 0 Å². The van der Waals surface area contributed by atoms with Crippen LogP contribution in [0.15, 0.2) is 0 Å². The molecule has 0 aliphatic rings. The van der Waals surface area contributed by atoms with Crippen LogP contribution in [0.1, 0.15) is 71.6 Å². The van der Waals surface area contributed by atoms with E-state index in [4.69, 9.17) is 13.9 Å². The number of hydrogen-bond acceptors (Lipinski definition) is 3. The standard InChI is InChI=1S/C15H34O3Si/c1-5-6-7-8-9-10-11-12-13-14-19-18-15(2,16-3)17-4/h5-14,19H2,1-4H3. The first-order valence-corrected chi connectivity index (χ1v) is 9.50. The monoisotopic (exact) mass is 290 g/mol. The minimum absolute atomic E-state index is 0.516. The van der Waals surface area contributed by atoms with Crippen molar-refractivity contribution in [3.05, 3.63) is 0 Å². The molecule has 4 heteroatoms. The van der Waals surface area contributed by atoms with Crippen LogP contribution in [0.3, 0.4) is 0 Å². The molecule has 0 aliphatic carbocycles. The number of unbranched alkanes of at least 4 members (excludes halogenated alkanes) is 8. The van der Waals surface area contributed by atoms with Gasteiger partial charge in [-0.1, -0.05) is 64.7 Å². The maximum Gasteiger partial charge on any atom is 0.269 e. The minimum atomic E-state index is -0.814. The summed E-state index contributed by atoms with van der Waals surface area (Å²) in [5.74, 6) is -0.814. The van der Waals surface area contributed by atoms with Gasteiger partial charge in [0, 0.05) is 21.1 Å². The molecule has 3 nitrogen and oxygen atoms in total. The maximum atomic E-state index is 5.69. The Morgan fingerprint density at radius 1 is 0.789 bits per heavy atom. The molecule has 0 bridgehead atoms. The van der Waals surface area contributed by atoms with Gasteiger partial charge in [0.25, 0.3) is 5.97 Å². The summed E-state index contributed by atoms with van der Waals surface area (Å²) in [6, 6.07) is 1.22. The minimum Gasteiger partial charge on any atom is -0.376 e. The van der Waals surface area contributed by atoms with Crippen LogP contribution in [0.2, 0.25) is 6.04 Å². The van der Waals surface area contributed by atoms with E-state index < -0.39 is 15.7 Å². The lowest BCUT2D eigenvalue weighted by atomic mass is 10.1. The number of hydrogen-bond donors (Lipinski definition) is 0. The zero-order valence-corrected chi connectivity index (χ0v) is 14.9. The molecule has 0 spiro atoms. The molecule has 0 unspecified atom stereocenters. The molecule has 0 saturated carbocycles. The van der Waals surface area contributed by atoms with Gasteiger partial charge in [-0.3, -0.25) is 0 Å². The van der Waals surface area contributed by atoms with Crippen molar-refractivity contribution in [2.24, 2.45) is 0 Å². The van der Waals surface area contributed by atoms with Crippen molar-refractivity contribution in [3.63, 3.8) is 0 Å². The van der Waals surface area contributed by atoms with Gasteiger partial charge in [-0.2, -0.15) is 0 Å². The molecule has 0 heterocycles. The van der Waals surface area contributed by atoms with E-state index in [1.807, 2.05) is 6.92 Å². The van der Waals surface area contributed by atoms with Crippen molar-refractivity contribution in [3.8, 4) is 0 Å². The van der Waals surface area contributed by atoms with Crippen LogP contribution in [0, 0.1) is 0 Å². The Bertz CT molecular complexity index is 184. The summed E-state index contributed by atoms with van der Waals surface area (Å²) < 4.78 is 16.0. The second-order valence-electron chi connectivity index (χ2n) is 5.30. The summed E-state index contributed by atoms with van der Waals surface area (Å²) in [5, 5.41) is 0. The molecule has 0 aromatic heterocycles. The van der Waals surface area contributed by atoms with Crippen molar-refractivity contribution in [2.45, 2.75) is 83.7 Å². The molecule has 0 aromatic rings. The van der Waals surface area contributed by atoms with Crippen molar-refractivity contribution in [1.29, 1.82) is 0 Å². The first-order valence-electron chi connectivity index (χ1n) is 7.92. The molecule has 0 fully saturated rings. The fourth-order valence-corrected chi connectivity index (χ4v) is 3.36. The van der Waals surface area contributed by atoms with Gasteiger partial charge >= 0.3 is 0 Å². The van der Waals surface area contributed by atoms with E-state index in [0.29, 0.717) is 0 Å². The van der Waals surface area contributed by atoms with E-state index >= 15 is 0 Å². The Kier molecular flexibility index (Phi) is 13.2. The summed E-state index contributed by atoms with van der Waals surface area (Å²) in [4.78, 5) is 0. The van der Waals surface area contributed by atoms with Crippen molar-refractivity contribution < 1.29 is 13.9 Å². The molecule has 0 radical (unpaired) electrons. The van der Waals surface area contributed by atoms with Crippen LogP contribution in [-0.4, -0.2) is 30.0 Å². The van der Waals surface area contributed by atoms with Gasteiger partial charge in [-0.15, -0.1) is 0 Å². The van der Waals surface area contributed by atoms with Gasteiger partial charge in [-0.05, 0) is 6.04 Å². The Hall–Kier alpha value is 0.0969. The lowest BCUT2D eigenvalue weighted by Crippen LogP contribution is -2.34. The quantitative estimate of drug-likeness (QED) is 0.275. The van der Waals surface area contributed by atoms with Gasteiger partial charge in [0.2, 0.25) is 0 Å². The summed E-state index contributed by atoms with van der Waals surface area (Å²) in [7, 11) is 2.73. The molecule has 0 aromatic carbocycles. The SMILES string of the molecule is CCCCCCCCCCC[SiH2]OC(C)(OC)OC. The summed E-state index contributed by atoms with van der Waals surface area (Å²) >= 11 is 0. The third kappa shape index (κ3) is 11.6. The Morgan fingerprint density at radius 2 is 1.26 bits per heavy atom. The molecular formula is C15H34O3Si. The lowest BCUT2D eigenvalue weighted by molar-refractivity contribution is -0.310. The van der Waals surface area contributed by atoms with Gasteiger partial charge in [0.05, 0.1) is 0 Å². The van der Waals surface area contributed by atoms with Crippen LogP contribution in [0.5, 0.6) is 0 Å². The van der Waals surface area contributed by atoms with Crippen LogP contribution in [-0.2, 0) is 13.9 Å². The second-order valence-corrected chi connectivity index (χ2v) is 6.71. The van der Waals surface area contributed by atoms with Crippen molar-refractivity contribution >= 4 is 9.76 Å². The molecule has 0 rings (SSSR count). The van der Waals surface area contributed by atoms with E-state index in [1.165, 1.54) is 63.8 Å². The third-order valence-corrected chi connectivity index (χ3v) is 5.12. The summed E-state index contributed by atoms with van der Waals surface area (Å²) in [6.45, 7) is 4.10. The fourth-order valence-electron chi connectivity index (χ4n) is 2.05.